The molecule has 180 valence electrons. The standard InChI is InChI=1S/C30H30N6/c1-3-25-14-21(10-12-32-25)19-36-13-11-26-28(36)18-33-30(29(26)22-6-4-20(16-31)5-7-22)23-8-9-27-24(15-23)17-34-35(27)2/h4-9,11,13,15,17-18,21,25,32H,3,10,12,14,19H2,1-2H3/t21-,25-/m1/s1. The molecule has 1 N–H and O–H groups in total. The monoisotopic (exact) mass is 474 g/mol. The van der Waals surface area contributed by atoms with Crippen LogP contribution in [0.3, 0.4) is 0 Å². The summed E-state index contributed by atoms with van der Waals surface area (Å²) in [5, 5.41) is 19.7. The summed E-state index contributed by atoms with van der Waals surface area (Å²) in [4.78, 5) is 5.04. The average Bonchev–Trinajstić information content (AvgIpc) is 3.51. The van der Waals surface area contributed by atoms with E-state index in [1.807, 2.05) is 48.4 Å². The molecule has 2 aromatic carbocycles. The zero-order valence-electron chi connectivity index (χ0n) is 20.8. The smallest absolute Gasteiger partial charge is 0.0991 e. The van der Waals surface area contributed by atoms with Crippen molar-refractivity contribution in [1.29, 1.82) is 5.26 Å². The normalized spacial score (nSPS) is 18.0. The molecule has 6 nitrogen and oxygen atoms in total. The number of rotatable bonds is 5. The number of aromatic nitrogens is 4. The second kappa shape index (κ2) is 9.25. The number of nitrogens with one attached hydrogen (secondary N) is 1. The van der Waals surface area contributed by atoms with E-state index < -0.39 is 0 Å². The molecule has 5 aromatic rings. The van der Waals surface area contributed by atoms with Crippen molar-refractivity contribution in [3.8, 4) is 28.5 Å². The zero-order chi connectivity index (χ0) is 24.6. The van der Waals surface area contributed by atoms with E-state index >= 15 is 0 Å². The molecular formula is C30H30N6. The molecule has 36 heavy (non-hydrogen) atoms. The minimum atomic E-state index is 0.618. The first kappa shape index (κ1) is 22.5. The molecule has 0 bridgehead atoms. The number of nitriles is 1. The maximum atomic E-state index is 9.32. The molecule has 0 aliphatic carbocycles. The molecule has 0 spiro atoms. The van der Waals surface area contributed by atoms with Gasteiger partial charge in [0.15, 0.2) is 0 Å². The number of piperidine rings is 1. The van der Waals surface area contributed by atoms with Crippen LogP contribution >= 0.6 is 0 Å². The van der Waals surface area contributed by atoms with Crippen molar-refractivity contribution in [3.05, 3.63) is 72.7 Å². The van der Waals surface area contributed by atoms with Crippen LogP contribution in [0.4, 0.5) is 0 Å². The summed E-state index contributed by atoms with van der Waals surface area (Å²) in [7, 11) is 1.96. The van der Waals surface area contributed by atoms with Crippen LogP contribution < -0.4 is 5.32 Å². The van der Waals surface area contributed by atoms with Crippen LogP contribution in [0.15, 0.2) is 67.1 Å². The third-order valence-electron chi connectivity index (χ3n) is 7.70. The summed E-state index contributed by atoms with van der Waals surface area (Å²) in [5.74, 6) is 0.665. The van der Waals surface area contributed by atoms with Crippen LogP contribution in [-0.2, 0) is 13.6 Å². The fourth-order valence-electron chi connectivity index (χ4n) is 5.70. The van der Waals surface area contributed by atoms with E-state index in [-0.39, 0.29) is 0 Å². The van der Waals surface area contributed by atoms with Crippen molar-refractivity contribution in [2.45, 2.75) is 38.8 Å². The van der Waals surface area contributed by atoms with Gasteiger partial charge in [0.25, 0.3) is 0 Å². The van der Waals surface area contributed by atoms with Crippen molar-refractivity contribution in [3.63, 3.8) is 0 Å². The third kappa shape index (κ3) is 3.96. The van der Waals surface area contributed by atoms with Crippen LogP contribution in [0, 0.1) is 17.2 Å². The van der Waals surface area contributed by atoms with Crippen molar-refractivity contribution in [1.82, 2.24) is 24.6 Å². The van der Waals surface area contributed by atoms with Gasteiger partial charge in [-0.2, -0.15) is 10.4 Å². The first-order valence-electron chi connectivity index (χ1n) is 12.8. The quantitative estimate of drug-likeness (QED) is 0.344. The van der Waals surface area contributed by atoms with Crippen LogP contribution in [0.25, 0.3) is 44.2 Å². The molecule has 6 heteroatoms. The molecule has 6 rings (SSSR count). The first-order valence-corrected chi connectivity index (χ1v) is 12.8. The lowest BCUT2D eigenvalue weighted by molar-refractivity contribution is 0.272. The molecule has 1 fully saturated rings. The van der Waals surface area contributed by atoms with Gasteiger partial charge < -0.3 is 9.88 Å². The first-order chi connectivity index (χ1) is 17.6. The highest BCUT2D eigenvalue weighted by Crippen LogP contribution is 2.38. The molecule has 0 unspecified atom stereocenters. The Balaban J connectivity index is 1.48. The summed E-state index contributed by atoms with van der Waals surface area (Å²) in [6, 6.07) is 19.3. The highest BCUT2D eigenvalue weighted by molar-refractivity contribution is 6.02. The van der Waals surface area contributed by atoms with Gasteiger partial charge in [0.2, 0.25) is 0 Å². The Bertz CT molecular complexity index is 1580. The van der Waals surface area contributed by atoms with Crippen LogP contribution in [0.1, 0.15) is 31.7 Å². The predicted octanol–water partition coefficient (Wildman–Crippen LogP) is 5.91. The number of fused-ring (bicyclic) bond motifs is 2. The summed E-state index contributed by atoms with van der Waals surface area (Å²) < 4.78 is 4.27. The summed E-state index contributed by atoms with van der Waals surface area (Å²) in [5.41, 5.74) is 7.10. The maximum Gasteiger partial charge on any atom is 0.0991 e. The highest BCUT2D eigenvalue weighted by atomic mass is 15.2. The Labute approximate surface area is 211 Å². The number of nitrogens with zero attached hydrogens (tertiary/aromatic N) is 5. The molecule has 0 amide bonds. The molecule has 0 radical (unpaired) electrons. The van der Waals surface area contributed by atoms with E-state index in [4.69, 9.17) is 4.98 Å². The number of hydrogen-bond donors (Lipinski definition) is 1. The lowest BCUT2D eigenvalue weighted by Crippen LogP contribution is -2.38. The molecule has 0 saturated carbocycles. The van der Waals surface area contributed by atoms with Gasteiger partial charge in [-0.1, -0.05) is 25.1 Å². The van der Waals surface area contributed by atoms with Gasteiger partial charge in [-0.05, 0) is 67.6 Å². The molecule has 3 aromatic heterocycles. The SMILES string of the molecule is CC[C@@H]1C[C@H](Cn2ccc3c(-c4ccc(C#N)cc4)c(-c4ccc5c(cnn5C)c4)ncc32)CCN1. The molecular weight excluding hydrogens is 444 g/mol. The van der Waals surface area contributed by atoms with E-state index in [1.165, 1.54) is 24.6 Å². The molecule has 1 aliphatic heterocycles. The van der Waals surface area contributed by atoms with E-state index in [2.05, 4.69) is 58.4 Å². The van der Waals surface area contributed by atoms with E-state index in [9.17, 15) is 5.26 Å². The molecule has 2 atom stereocenters. The Morgan fingerprint density at radius 3 is 2.69 bits per heavy atom. The fourth-order valence-corrected chi connectivity index (χ4v) is 5.70. The lowest BCUT2D eigenvalue weighted by Gasteiger charge is -2.30. The number of benzene rings is 2. The van der Waals surface area contributed by atoms with Gasteiger partial charge in [0.1, 0.15) is 0 Å². The molecule has 1 saturated heterocycles. The summed E-state index contributed by atoms with van der Waals surface area (Å²) >= 11 is 0. The van der Waals surface area contributed by atoms with Gasteiger partial charge in [-0.3, -0.25) is 9.67 Å². The van der Waals surface area contributed by atoms with Crippen molar-refractivity contribution < 1.29 is 0 Å². The molecule has 4 heterocycles. The van der Waals surface area contributed by atoms with Crippen molar-refractivity contribution in [2.24, 2.45) is 13.0 Å². The number of aryl methyl sites for hydroxylation is 1. The average molecular weight is 475 g/mol. The second-order valence-corrected chi connectivity index (χ2v) is 9.93. The van der Waals surface area contributed by atoms with E-state index in [0.29, 0.717) is 17.5 Å². The second-order valence-electron chi connectivity index (χ2n) is 9.93. The van der Waals surface area contributed by atoms with Gasteiger partial charge in [0, 0.05) is 47.7 Å². The summed E-state index contributed by atoms with van der Waals surface area (Å²) in [6.07, 6.45) is 9.75. The van der Waals surface area contributed by atoms with E-state index in [0.717, 1.165) is 51.9 Å². The minimum Gasteiger partial charge on any atom is -0.346 e. The maximum absolute atomic E-state index is 9.32. The van der Waals surface area contributed by atoms with Crippen molar-refractivity contribution in [2.75, 3.05) is 6.54 Å². The minimum absolute atomic E-state index is 0.618. The van der Waals surface area contributed by atoms with Gasteiger partial charge in [-0.25, -0.2) is 0 Å². The zero-order valence-corrected chi connectivity index (χ0v) is 20.8. The Hall–Kier alpha value is -3.95. The lowest BCUT2D eigenvalue weighted by atomic mass is 9.91. The Kier molecular flexibility index (Phi) is 5.79. The Morgan fingerprint density at radius 2 is 1.89 bits per heavy atom. The van der Waals surface area contributed by atoms with Crippen LogP contribution in [0.5, 0.6) is 0 Å². The summed E-state index contributed by atoms with van der Waals surface area (Å²) in [6.45, 7) is 4.37. The number of pyridine rings is 1. The highest BCUT2D eigenvalue weighted by Gasteiger charge is 2.22. The third-order valence-corrected chi connectivity index (χ3v) is 7.70. The topological polar surface area (TPSA) is 71.5 Å². The fraction of sp³-hybridized carbons (Fsp3) is 0.300. The van der Waals surface area contributed by atoms with Crippen molar-refractivity contribution >= 4 is 21.8 Å². The van der Waals surface area contributed by atoms with Gasteiger partial charge in [0.05, 0.1) is 40.8 Å². The Morgan fingerprint density at radius 1 is 1.06 bits per heavy atom. The predicted molar refractivity (Wildman–Crippen MR) is 144 cm³/mol. The van der Waals surface area contributed by atoms with E-state index in [1.54, 1.807) is 0 Å². The van der Waals surface area contributed by atoms with Gasteiger partial charge in [-0.15, -0.1) is 0 Å². The molecule has 1 aliphatic rings. The largest absolute Gasteiger partial charge is 0.346 e. The van der Waals surface area contributed by atoms with Gasteiger partial charge >= 0.3 is 0 Å². The number of hydrogen-bond acceptors (Lipinski definition) is 4. The van der Waals surface area contributed by atoms with Crippen LogP contribution in [0.2, 0.25) is 0 Å². The van der Waals surface area contributed by atoms with Crippen LogP contribution in [-0.4, -0.2) is 31.9 Å².